The molecule has 0 radical (unpaired) electrons. The van der Waals surface area contributed by atoms with E-state index in [1.807, 2.05) is 31.3 Å². The Morgan fingerprint density at radius 1 is 1.23 bits per heavy atom. The Hall–Kier alpha value is -1.23. The number of likely N-dealkylation sites (tertiary alicyclic amines) is 1. The van der Waals surface area contributed by atoms with E-state index in [0.717, 1.165) is 35.1 Å². The molecule has 1 aliphatic heterocycles. The molecule has 1 heterocycles. The first kappa shape index (κ1) is 21.1. The van der Waals surface area contributed by atoms with E-state index in [2.05, 4.69) is 32.8 Å². The number of aliphatic hydroxyl groups is 2. The first-order valence-corrected chi connectivity index (χ1v) is 9.71. The fourth-order valence-electron chi connectivity index (χ4n) is 2.95. The number of piperidine rings is 1. The summed E-state index contributed by atoms with van der Waals surface area (Å²) in [5.74, 6) is -1.39. The minimum Gasteiger partial charge on any atom is -0.380 e. The highest BCUT2D eigenvalue weighted by Crippen LogP contribution is 2.16. The molecule has 0 bridgehead atoms. The Balaban J connectivity index is 1.86. The Morgan fingerprint density at radius 3 is 2.38 bits per heavy atom. The monoisotopic (exact) mass is 475 g/mol. The third-order valence-corrected chi connectivity index (χ3v) is 5.50. The second-order valence-corrected chi connectivity index (χ2v) is 7.96. The van der Waals surface area contributed by atoms with Crippen molar-refractivity contribution in [3.8, 4) is 0 Å². The molecule has 2 atom stereocenters. The number of halogens is 1. The van der Waals surface area contributed by atoms with E-state index in [1.165, 1.54) is 4.90 Å². The van der Waals surface area contributed by atoms with E-state index in [0.29, 0.717) is 0 Å². The number of carbonyl (C=O) groups excluding carboxylic acids is 2. The van der Waals surface area contributed by atoms with Gasteiger partial charge < -0.3 is 25.3 Å². The summed E-state index contributed by atoms with van der Waals surface area (Å²) in [5, 5.41) is 22.7. The first-order valence-electron chi connectivity index (χ1n) is 8.63. The van der Waals surface area contributed by atoms with Crippen molar-refractivity contribution in [1.82, 2.24) is 15.1 Å². The van der Waals surface area contributed by atoms with Crippen molar-refractivity contribution in [3.05, 3.63) is 33.4 Å². The van der Waals surface area contributed by atoms with Crippen LogP contribution in [0.4, 0.5) is 0 Å². The number of nitrogens with zero attached hydrogens (tertiary/aromatic N) is 2. The maximum absolute atomic E-state index is 12.4. The van der Waals surface area contributed by atoms with Crippen molar-refractivity contribution >= 4 is 34.4 Å². The van der Waals surface area contributed by atoms with Crippen LogP contribution in [0, 0.1) is 3.57 Å². The van der Waals surface area contributed by atoms with Crippen molar-refractivity contribution in [3.63, 3.8) is 0 Å². The third kappa shape index (κ3) is 5.63. The summed E-state index contributed by atoms with van der Waals surface area (Å²) in [5.41, 5.74) is 0.871. The molecule has 7 nitrogen and oxygen atoms in total. The molecule has 1 saturated heterocycles. The normalized spacial score (nSPS) is 18.2. The Bertz CT molecular complexity index is 617. The highest BCUT2D eigenvalue weighted by Gasteiger charge is 2.35. The largest absolute Gasteiger partial charge is 0.380 e. The lowest BCUT2D eigenvalue weighted by Crippen LogP contribution is -2.53. The van der Waals surface area contributed by atoms with Crippen molar-refractivity contribution in [2.24, 2.45) is 0 Å². The van der Waals surface area contributed by atoms with Crippen molar-refractivity contribution in [2.45, 2.75) is 37.6 Å². The number of rotatable bonds is 6. The predicted molar refractivity (Wildman–Crippen MR) is 106 cm³/mol. The van der Waals surface area contributed by atoms with Gasteiger partial charge >= 0.3 is 0 Å². The van der Waals surface area contributed by atoms with Crippen LogP contribution in [0.15, 0.2) is 24.3 Å². The number of carbonyl (C=O) groups is 2. The third-order valence-electron chi connectivity index (χ3n) is 4.78. The Labute approximate surface area is 167 Å². The van der Waals surface area contributed by atoms with E-state index >= 15 is 0 Å². The van der Waals surface area contributed by atoms with Gasteiger partial charge in [-0.25, -0.2) is 0 Å². The highest BCUT2D eigenvalue weighted by molar-refractivity contribution is 14.1. The summed E-state index contributed by atoms with van der Waals surface area (Å²) in [6.45, 7) is 1.97. The van der Waals surface area contributed by atoms with Crippen LogP contribution in [0.2, 0.25) is 0 Å². The molecule has 26 heavy (non-hydrogen) atoms. The van der Waals surface area contributed by atoms with E-state index in [9.17, 15) is 19.8 Å². The molecule has 1 aromatic rings. The topological polar surface area (TPSA) is 93.1 Å². The molecule has 0 aliphatic carbocycles. The molecular weight excluding hydrogens is 449 g/mol. The zero-order chi connectivity index (χ0) is 19.3. The van der Waals surface area contributed by atoms with Gasteiger partial charge in [-0.15, -0.1) is 0 Å². The molecule has 0 aromatic heterocycles. The minimum absolute atomic E-state index is 0.00963. The lowest BCUT2D eigenvalue weighted by molar-refractivity contribution is -0.154. The SMILES string of the molecule is CN1CCC(N(C)C(=O)C(O)C(O)C(=O)NCc2ccc(I)cc2)CC1. The summed E-state index contributed by atoms with van der Waals surface area (Å²) >= 11 is 2.18. The van der Waals surface area contributed by atoms with Crippen molar-refractivity contribution in [1.29, 1.82) is 0 Å². The summed E-state index contributed by atoms with van der Waals surface area (Å²) in [6, 6.07) is 7.56. The van der Waals surface area contributed by atoms with Gasteiger partial charge in [-0.05, 0) is 73.3 Å². The van der Waals surface area contributed by atoms with Crippen LogP contribution in [-0.2, 0) is 16.1 Å². The molecule has 3 N–H and O–H groups in total. The predicted octanol–water partition coefficient (Wildman–Crippen LogP) is 0.182. The smallest absolute Gasteiger partial charge is 0.254 e. The zero-order valence-electron chi connectivity index (χ0n) is 15.1. The van der Waals surface area contributed by atoms with Gasteiger partial charge in [0.15, 0.2) is 12.2 Å². The van der Waals surface area contributed by atoms with Gasteiger partial charge in [-0.1, -0.05) is 12.1 Å². The molecule has 1 aliphatic rings. The second-order valence-electron chi connectivity index (χ2n) is 6.72. The minimum atomic E-state index is -1.79. The molecular formula is C18H26IN3O4. The lowest BCUT2D eigenvalue weighted by Gasteiger charge is -2.36. The fourth-order valence-corrected chi connectivity index (χ4v) is 3.30. The molecule has 2 unspecified atom stereocenters. The average Bonchev–Trinajstić information content (AvgIpc) is 2.65. The van der Waals surface area contributed by atoms with Gasteiger partial charge in [0, 0.05) is 23.2 Å². The van der Waals surface area contributed by atoms with E-state index in [1.54, 1.807) is 7.05 Å². The number of hydrogen-bond acceptors (Lipinski definition) is 5. The summed E-state index contributed by atoms with van der Waals surface area (Å²) in [6.07, 6.45) is -1.95. The van der Waals surface area contributed by atoms with Crippen LogP contribution >= 0.6 is 22.6 Å². The van der Waals surface area contributed by atoms with E-state index in [4.69, 9.17) is 0 Å². The molecule has 2 rings (SSSR count). The number of likely N-dealkylation sites (N-methyl/N-ethyl adjacent to an activating group) is 1. The van der Waals surface area contributed by atoms with Gasteiger partial charge in [0.1, 0.15) is 0 Å². The van der Waals surface area contributed by atoms with Gasteiger partial charge in [0.25, 0.3) is 11.8 Å². The maximum atomic E-state index is 12.4. The van der Waals surface area contributed by atoms with Gasteiger partial charge in [-0.2, -0.15) is 0 Å². The summed E-state index contributed by atoms with van der Waals surface area (Å²) < 4.78 is 1.08. The molecule has 1 aromatic carbocycles. The Morgan fingerprint density at radius 2 is 1.81 bits per heavy atom. The number of aliphatic hydroxyl groups excluding tert-OH is 2. The second kappa shape index (κ2) is 9.63. The number of nitrogens with one attached hydrogen (secondary N) is 1. The standard InChI is InChI=1S/C18H26IN3O4/c1-21-9-7-14(8-10-21)22(2)18(26)16(24)15(23)17(25)20-11-12-3-5-13(19)6-4-12/h3-6,14-16,23-24H,7-11H2,1-2H3,(H,20,25). The van der Waals surface area contributed by atoms with E-state index < -0.39 is 24.0 Å². The van der Waals surface area contributed by atoms with Crippen LogP contribution in [0.3, 0.4) is 0 Å². The van der Waals surface area contributed by atoms with Crippen LogP contribution < -0.4 is 5.32 Å². The van der Waals surface area contributed by atoms with Crippen LogP contribution in [-0.4, -0.2) is 77.3 Å². The van der Waals surface area contributed by atoms with Gasteiger partial charge in [0.2, 0.25) is 0 Å². The van der Waals surface area contributed by atoms with Crippen LogP contribution in [0.1, 0.15) is 18.4 Å². The fraction of sp³-hybridized carbons (Fsp3) is 0.556. The molecule has 1 fully saturated rings. The Kier molecular flexibility index (Phi) is 7.81. The maximum Gasteiger partial charge on any atom is 0.254 e. The molecule has 8 heteroatoms. The van der Waals surface area contributed by atoms with Crippen LogP contribution in [0.5, 0.6) is 0 Å². The number of hydrogen-bond donors (Lipinski definition) is 3. The zero-order valence-corrected chi connectivity index (χ0v) is 17.2. The quantitative estimate of drug-likeness (QED) is 0.511. The van der Waals surface area contributed by atoms with Crippen molar-refractivity contribution < 1.29 is 19.8 Å². The van der Waals surface area contributed by atoms with Crippen molar-refractivity contribution in [2.75, 3.05) is 27.2 Å². The summed E-state index contributed by atoms with van der Waals surface area (Å²) in [4.78, 5) is 28.1. The molecule has 144 valence electrons. The van der Waals surface area contributed by atoms with E-state index in [-0.39, 0.29) is 12.6 Å². The van der Waals surface area contributed by atoms with Crippen LogP contribution in [0.25, 0.3) is 0 Å². The first-order chi connectivity index (χ1) is 12.3. The number of benzene rings is 1. The van der Waals surface area contributed by atoms with Gasteiger partial charge in [0.05, 0.1) is 0 Å². The number of amides is 2. The molecule has 0 spiro atoms. The highest BCUT2D eigenvalue weighted by atomic mass is 127. The van der Waals surface area contributed by atoms with Gasteiger partial charge in [-0.3, -0.25) is 9.59 Å². The lowest BCUT2D eigenvalue weighted by atomic mass is 10.0. The molecule has 2 amide bonds. The molecule has 0 saturated carbocycles. The summed E-state index contributed by atoms with van der Waals surface area (Å²) in [7, 11) is 3.63. The average molecular weight is 475 g/mol.